The van der Waals surface area contributed by atoms with Crippen LogP contribution in [0.4, 0.5) is 0 Å². The van der Waals surface area contributed by atoms with Crippen molar-refractivity contribution in [1.29, 1.82) is 0 Å². The molecule has 2 fully saturated rings. The van der Waals surface area contributed by atoms with Crippen LogP contribution in [0.5, 0.6) is 17.2 Å². The Balaban J connectivity index is 1.32. The van der Waals surface area contributed by atoms with Crippen molar-refractivity contribution in [2.45, 2.75) is 36.7 Å². The second-order valence-electron chi connectivity index (χ2n) is 11.6. The highest BCUT2D eigenvalue weighted by atomic mass is 35.5. The van der Waals surface area contributed by atoms with E-state index in [1.54, 1.807) is 37.3 Å². The van der Waals surface area contributed by atoms with Crippen molar-refractivity contribution in [3.63, 3.8) is 0 Å². The average Bonchev–Trinajstić information content (AvgIpc) is 3.51. The summed E-state index contributed by atoms with van der Waals surface area (Å²) in [6.45, 7) is 2.58. The minimum Gasteiger partial charge on any atom is -0.493 e. The number of hydrogen-bond acceptors (Lipinski definition) is 7. The van der Waals surface area contributed by atoms with Gasteiger partial charge in [-0.25, -0.2) is 0 Å². The van der Waals surface area contributed by atoms with E-state index in [0.29, 0.717) is 72.7 Å². The maximum absolute atomic E-state index is 13.6. The smallest absolute Gasteiger partial charge is 0.228 e. The number of nitrogens with zero attached hydrogens (tertiary/aromatic N) is 2. The number of halogens is 2. The molecule has 0 radical (unpaired) electrons. The van der Waals surface area contributed by atoms with Crippen LogP contribution >= 0.6 is 23.2 Å². The van der Waals surface area contributed by atoms with Crippen molar-refractivity contribution < 1.29 is 28.5 Å². The lowest BCUT2D eigenvalue weighted by Gasteiger charge is -2.41. The molecule has 2 heterocycles. The van der Waals surface area contributed by atoms with Crippen LogP contribution in [0.3, 0.4) is 0 Å². The Bertz CT molecular complexity index is 1500. The van der Waals surface area contributed by atoms with Gasteiger partial charge in [-0.1, -0.05) is 59.6 Å². The Morgan fingerprint density at radius 2 is 1.56 bits per heavy atom. The Labute approximate surface area is 274 Å². The highest BCUT2D eigenvalue weighted by molar-refractivity contribution is 6.42. The van der Waals surface area contributed by atoms with Crippen LogP contribution in [0.1, 0.15) is 36.0 Å². The maximum Gasteiger partial charge on any atom is 0.228 e. The lowest BCUT2D eigenvalue weighted by Crippen LogP contribution is -2.50. The standard InChI is InChI=1S/C34H39Cl2N3O6/c1-42-28-17-23(18-29(43-2)31(28)44-3)19-30(40)39-21-34(45-22-39,25-9-10-26(35)27(36)20-25)13-16-38-14-11-33(12-15-38,32(37)41)24-7-5-4-6-8-24/h4-10,17-18,20H,11-16,19,21-22H2,1-3H3,(H2,37,41)/t34-/m0/s1. The molecule has 1 atom stereocenters. The molecule has 9 nitrogen and oxygen atoms in total. The van der Waals surface area contributed by atoms with Crippen molar-refractivity contribution in [2.24, 2.45) is 5.73 Å². The molecule has 0 saturated carbocycles. The van der Waals surface area contributed by atoms with Gasteiger partial charge in [-0.3, -0.25) is 9.59 Å². The maximum atomic E-state index is 13.6. The molecule has 2 saturated heterocycles. The van der Waals surface area contributed by atoms with Crippen LogP contribution in [0.2, 0.25) is 10.0 Å². The topological polar surface area (TPSA) is 104 Å². The monoisotopic (exact) mass is 655 g/mol. The van der Waals surface area contributed by atoms with E-state index < -0.39 is 11.0 Å². The molecule has 2 N–H and O–H groups in total. The molecule has 2 aliphatic heterocycles. The van der Waals surface area contributed by atoms with Gasteiger partial charge in [-0.05, 0) is 73.3 Å². The summed E-state index contributed by atoms with van der Waals surface area (Å²) in [5.74, 6) is 1.04. The SMILES string of the molecule is COc1cc(CC(=O)N2CO[C@](CCN3CCC(C(N)=O)(c4ccccc4)CC3)(c3ccc(Cl)c(Cl)c3)C2)cc(OC)c1OC. The molecule has 0 unspecified atom stereocenters. The van der Waals surface area contributed by atoms with Gasteiger partial charge in [0.15, 0.2) is 11.5 Å². The molecule has 5 rings (SSSR count). The first-order valence-corrected chi connectivity index (χ1v) is 15.6. The molecule has 2 aliphatic rings. The van der Waals surface area contributed by atoms with Crippen LogP contribution in [0, 0.1) is 0 Å². The van der Waals surface area contributed by atoms with Crippen molar-refractivity contribution in [2.75, 3.05) is 54.2 Å². The molecule has 0 bridgehead atoms. The highest BCUT2D eigenvalue weighted by Crippen LogP contribution is 2.41. The number of carbonyl (C=O) groups is 2. The summed E-state index contributed by atoms with van der Waals surface area (Å²) < 4.78 is 22.9. The van der Waals surface area contributed by atoms with E-state index >= 15 is 0 Å². The number of benzene rings is 3. The quantitative estimate of drug-likeness (QED) is 0.303. The van der Waals surface area contributed by atoms with Gasteiger partial charge in [-0.2, -0.15) is 0 Å². The van der Waals surface area contributed by atoms with Crippen molar-refractivity contribution >= 4 is 35.0 Å². The third kappa shape index (κ3) is 6.72. The van der Waals surface area contributed by atoms with E-state index in [4.69, 9.17) is 47.9 Å². The van der Waals surface area contributed by atoms with Crippen molar-refractivity contribution in [3.8, 4) is 17.2 Å². The number of nitrogens with two attached hydrogens (primary N) is 1. The van der Waals surface area contributed by atoms with E-state index in [-0.39, 0.29) is 25.0 Å². The minimum atomic E-state index is -0.795. The Morgan fingerprint density at radius 3 is 2.13 bits per heavy atom. The third-order valence-corrected chi connectivity index (χ3v) is 9.90. The second kappa shape index (κ2) is 13.9. The van der Waals surface area contributed by atoms with Crippen LogP contribution in [0.15, 0.2) is 60.7 Å². The van der Waals surface area contributed by atoms with Crippen LogP contribution in [-0.4, -0.2) is 75.9 Å². The summed E-state index contributed by atoms with van der Waals surface area (Å²) in [5.41, 5.74) is 7.03. The molecule has 240 valence electrons. The van der Waals surface area contributed by atoms with E-state index in [1.807, 2.05) is 42.5 Å². The average molecular weight is 657 g/mol. The van der Waals surface area contributed by atoms with Crippen LogP contribution in [-0.2, 0) is 31.8 Å². The fraction of sp³-hybridized carbons (Fsp3) is 0.412. The molecule has 0 spiro atoms. The normalized spacial score (nSPS) is 19.7. The number of hydrogen-bond donors (Lipinski definition) is 1. The predicted molar refractivity (Wildman–Crippen MR) is 173 cm³/mol. The highest BCUT2D eigenvalue weighted by Gasteiger charge is 2.45. The zero-order valence-electron chi connectivity index (χ0n) is 25.8. The molecule has 3 aromatic rings. The number of likely N-dealkylation sites (tertiary alicyclic amines) is 1. The summed E-state index contributed by atoms with van der Waals surface area (Å²) in [6, 6.07) is 18.8. The fourth-order valence-corrected chi connectivity index (χ4v) is 6.76. The molecule has 45 heavy (non-hydrogen) atoms. The summed E-state index contributed by atoms with van der Waals surface area (Å²) in [5, 5.41) is 0.870. The number of piperidine rings is 1. The zero-order chi connectivity index (χ0) is 32.2. The van der Waals surface area contributed by atoms with Gasteiger partial charge in [0, 0.05) is 6.54 Å². The van der Waals surface area contributed by atoms with E-state index in [0.717, 1.165) is 16.7 Å². The molecule has 11 heteroatoms. The van der Waals surface area contributed by atoms with E-state index in [2.05, 4.69) is 4.90 Å². The van der Waals surface area contributed by atoms with Crippen LogP contribution < -0.4 is 19.9 Å². The van der Waals surface area contributed by atoms with Crippen molar-refractivity contribution in [1.82, 2.24) is 9.80 Å². The Kier molecular flexibility index (Phi) is 10.1. The summed E-state index contributed by atoms with van der Waals surface area (Å²) in [6.07, 6.45) is 1.99. The lowest BCUT2D eigenvalue weighted by molar-refractivity contribution is -0.131. The Morgan fingerprint density at radius 1 is 0.889 bits per heavy atom. The van der Waals surface area contributed by atoms with Gasteiger partial charge in [0.25, 0.3) is 0 Å². The summed E-state index contributed by atoms with van der Waals surface area (Å²) in [4.78, 5) is 30.3. The number of rotatable bonds is 11. The molecule has 2 amide bonds. The first-order chi connectivity index (χ1) is 21.6. The number of ether oxygens (including phenoxy) is 4. The van der Waals surface area contributed by atoms with Gasteiger partial charge in [-0.15, -0.1) is 0 Å². The van der Waals surface area contributed by atoms with Gasteiger partial charge < -0.3 is 34.5 Å². The zero-order valence-corrected chi connectivity index (χ0v) is 27.3. The number of primary amides is 1. The molecule has 0 aromatic heterocycles. The minimum absolute atomic E-state index is 0.0988. The number of methoxy groups -OCH3 is 3. The van der Waals surface area contributed by atoms with Crippen molar-refractivity contribution in [3.05, 3.63) is 87.4 Å². The van der Waals surface area contributed by atoms with Crippen LogP contribution in [0.25, 0.3) is 0 Å². The van der Waals surface area contributed by atoms with Gasteiger partial charge in [0.2, 0.25) is 17.6 Å². The summed E-state index contributed by atoms with van der Waals surface area (Å²) >= 11 is 12.7. The van der Waals surface area contributed by atoms with E-state index in [1.165, 1.54) is 7.11 Å². The first-order valence-electron chi connectivity index (χ1n) is 14.9. The fourth-order valence-electron chi connectivity index (χ4n) is 6.47. The second-order valence-corrected chi connectivity index (χ2v) is 12.4. The molecule has 3 aromatic carbocycles. The predicted octanol–water partition coefficient (Wildman–Crippen LogP) is 5.18. The van der Waals surface area contributed by atoms with Gasteiger partial charge in [0.05, 0.1) is 49.8 Å². The number of amides is 2. The third-order valence-electron chi connectivity index (χ3n) is 9.16. The largest absolute Gasteiger partial charge is 0.493 e. The first kappa shape index (κ1) is 32.9. The lowest BCUT2D eigenvalue weighted by atomic mass is 9.72. The molecular weight excluding hydrogens is 617 g/mol. The van der Waals surface area contributed by atoms with Gasteiger partial charge in [0.1, 0.15) is 12.3 Å². The molecule has 0 aliphatic carbocycles. The molecular formula is C34H39Cl2N3O6. The number of carbonyl (C=O) groups excluding carboxylic acids is 2. The van der Waals surface area contributed by atoms with Gasteiger partial charge >= 0.3 is 0 Å². The summed E-state index contributed by atoms with van der Waals surface area (Å²) in [7, 11) is 4.62. The van der Waals surface area contributed by atoms with E-state index in [9.17, 15) is 9.59 Å². The Hall–Kier alpha value is -3.50.